The average molecular weight is 412 g/mol. The molecule has 2 aromatic heterocycles. The summed E-state index contributed by atoms with van der Waals surface area (Å²) < 4.78 is 7.30. The molecule has 3 heterocycles. The lowest BCUT2D eigenvalue weighted by molar-refractivity contribution is 0.0616. The molecular formula is C25H24N4O2. The number of fused-ring (bicyclic) bond motifs is 1. The first kappa shape index (κ1) is 19.3. The fraction of sp³-hybridized carbons (Fsp3) is 0.240. The van der Waals surface area contributed by atoms with E-state index in [1.807, 2.05) is 60.7 Å². The SMILES string of the molecule is C[C@@H]1c2ccccc2[C@@](C)(c2cnn(C)c2)CN1C(=O)c1cc(-c2ccccc2)on1. The van der Waals surface area contributed by atoms with E-state index in [1.54, 1.807) is 10.7 Å². The van der Waals surface area contributed by atoms with E-state index in [0.29, 0.717) is 18.0 Å². The van der Waals surface area contributed by atoms with Gasteiger partial charge >= 0.3 is 0 Å². The highest BCUT2D eigenvalue weighted by Crippen LogP contribution is 2.44. The van der Waals surface area contributed by atoms with Gasteiger partial charge in [0, 0.05) is 42.4 Å². The van der Waals surface area contributed by atoms with Crippen molar-refractivity contribution in [2.75, 3.05) is 6.54 Å². The molecule has 1 amide bonds. The zero-order valence-corrected chi connectivity index (χ0v) is 17.8. The summed E-state index contributed by atoms with van der Waals surface area (Å²) in [7, 11) is 1.91. The predicted molar refractivity (Wildman–Crippen MR) is 117 cm³/mol. The molecule has 4 aromatic rings. The molecule has 0 spiro atoms. The van der Waals surface area contributed by atoms with Gasteiger partial charge in [0.15, 0.2) is 11.5 Å². The number of aryl methyl sites for hydroxylation is 1. The summed E-state index contributed by atoms with van der Waals surface area (Å²) in [4.78, 5) is 15.5. The number of hydrogen-bond donors (Lipinski definition) is 0. The summed E-state index contributed by atoms with van der Waals surface area (Å²) in [6, 6.07) is 19.7. The van der Waals surface area contributed by atoms with Crippen molar-refractivity contribution in [1.29, 1.82) is 0 Å². The Morgan fingerprint density at radius 3 is 2.61 bits per heavy atom. The quantitative estimate of drug-likeness (QED) is 0.493. The minimum atomic E-state index is -0.376. The second-order valence-corrected chi connectivity index (χ2v) is 8.37. The van der Waals surface area contributed by atoms with Crippen molar-refractivity contribution in [3.63, 3.8) is 0 Å². The Morgan fingerprint density at radius 1 is 1.13 bits per heavy atom. The molecule has 2 atom stereocenters. The van der Waals surface area contributed by atoms with Crippen LogP contribution in [0.2, 0.25) is 0 Å². The van der Waals surface area contributed by atoms with Gasteiger partial charge in [-0.05, 0) is 25.0 Å². The highest BCUT2D eigenvalue weighted by molar-refractivity contribution is 5.94. The van der Waals surface area contributed by atoms with Crippen LogP contribution >= 0.6 is 0 Å². The Kier molecular flexibility index (Phi) is 4.50. The summed E-state index contributed by atoms with van der Waals surface area (Å²) in [5.41, 5.74) is 4.28. The van der Waals surface area contributed by atoms with E-state index in [-0.39, 0.29) is 17.4 Å². The van der Waals surface area contributed by atoms with Crippen LogP contribution in [0.3, 0.4) is 0 Å². The minimum Gasteiger partial charge on any atom is -0.355 e. The van der Waals surface area contributed by atoms with Gasteiger partial charge in [-0.25, -0.2) is 0 Å². The Labute approximate surface area is 181 Å². The molecule has 156 valence electrons. The van der Waals surface area contributed by atoms with Gasteiger partial charge in [-0.1, -0.05) is 59.8 Å². The van der Waals surface area contributed by atoms with Crippen LogP contribution in [-0.2, 0) is 12.5 Å². The fourth-order valence-electron chi connectivity index (χ4n) is 4.56. The molecule has 0 fully saturated rings. The van der Waals surface area contributed by atoms with Crippen molar-refractivity contribution in [2.45, 2.75) is 25.3 Å². The largest absolute Gasteiger partial charge is 0.355 e. The summed E-state index contributed by atoms with van der Waals surface area (Å²) in [5, 5.41) is 8.48. The third kappa shape index (κ3) is 3.15. The van der Waals surface area contributed by atoms with Crippen LogP contribution in [0.5, 0.6) is 0 Å². The van der Waals surface area contributed by atoms with Gasteiger partial charge in [-0.2, -0.15) is 5.10 Å². The van der Waals surface area contributed by atoms with Crippen molar-refractivity contribution >= 4 is 5.91 Å². The summed E-state index contributed by atoms with van der Waals surface area (Å²) >= 11 is 0. The number of rotatable bonds is 3. The van der Waals surface area contributed by atoms with Crippen LogP contribution in [-0.4, -0.2) is 32.3 Å². The average Bonchev–Trinajstić information content (AvgIpc) is 3.46. The zero-order chi connectivity index (χ0) is 21.6. The lowest BCUT2D eigenvalue weighted by atomic mass is 9.71. The third-order valence-electron chi connectivity index (χ3n) is 6.35. The van der Waals surface area contributed by atoms with Crippen LogP contribution in [0.15, 0.2) is 77.6 Å². The summed E-state index contributed by atoms with van der Waals surface area (Å²) in [6.07, 6.45) is 3.91. The van der Waals surface area contributed by atoms with Gasteiger partial charge in [-0.15, -0.1) is 0 Å². The van der Waals surface area contributed by atoms with E-state index in [1.165, 1.54) is 5.56 Å². The van der Waals surface area contributed by atoms with Gasteiger partial charge in [-0.3, -0.25) is 9.48 Å². The summed E-state index contributed by atoms with van der Waals surface area (Å²) in [6.45, 7) is 4.77. The zero-order valence-electron chi connectivity index (χ0n) is 17.8. The molecule has 6 heteroatoms. The van der Waals surface area contributed by atoms with Gasteiger partial charge in [0.05, 0.1) is 12.2 Å². The van der Waals surface area contributed by atoms with Gasteiger partial charge in [0.1, 0.15) is 0 Å². The first-order chi connectivity index (χ1) is 15.0. The Bertz CT molecular complexity index is 1240. The standard InChI is InChI=1S/C25H24N4O2/c1-17-20-11-7-8-12-21(20)25(2,19-14-26-28(3)15-19)16-29(17)24(30)22-13-23(31-27-22)18-9-5-4-6-10-18/h4-15,17H,16H2,1-3H3/t17-,25-/m1/s1. The Morgan fingerprint density at radius 2 is 1.87 bits per heavy atom. The lowest BCUT2D eigenvalue weighted by Crippen LogP contribution is -2.49. The fourth-order valence-corrected chi connectivity index (χ4v) is 4.56. The van der Waals surface area contributed by atoms with E-state index in [2.05, 4.69) is 42.3 Å². The number of carbonyl (C=O) groups excluding carboxylic acids is 1. The number of carbonyl (C=O) groups is 1. The summed E-state index contributed by atoms with van der Waals surface area (Å²) in [5.74, 6) is 0.451. The first-order valence-electron chi connectivity index (χ1n) is 10.4. The topological polar surface area (TPSA) is 64.2 Å². The third-order valence-corrected chi connectivity index (χ3v) is 6.35. The van der Waals surface area contributed by atoms with Gasteiger partial charge in [0.25, 0.3) is 5.91 Å². The van der Waals surface area contributed by atoms with Crippen molar-refractivity contribution in [3.8, 4) is 11.3 Å². The van der Waals surface area contributed by atoms with E-state index < -0.39 is 0 Å². The van der Waals surface area contributed by atoms with Crippen molar-refractivity contribution in [3.05, 3.63) is 95.4 Å². The maximum absolute atomic E-state index is 13.6. The molecule has 0 unspecified atom stereocenters. The van der Waals surface area contributed by atoms with Gasteiger partial charge in [0.2, 0.25) is 0 Å². The molecule has 0 radical (unpaired) electrons. The minimum absolute atomic E-state index is 0.0784. The highest BCUT2D eigenvalue weighted by atomic mass is 16.5. The maximum Gasteiger partial charge on any atom is 0.276 e. The van der Waals surface area contributed by atoms with Gasteiger partial charge < -0.3 is 9.42 Å². The first-order valence-corrected chi connectivity index (χ1v) is 10.4. The predicted octanol–water partition coefficient (Wildman–Crippen LogP) is 4.60. The molecule has 0 aliphatic carbocycles. The maximum atomic E-state index is 13.6. The number of nitrogens with zero attached hydrogens (tertiary/aromatic N) is 4. The molecule has 6 nitrogen and oxygen atoms in total. The van der Waals surface area contributed by atoms with Crippen LogP contribution in [0, 0.1) is 0 Å². The lowest BCUT2D eigenvalue weighted by Gasteiger charge is -2.45. The molecule has 0 saturated carbocycles. The molecule has 0 bridgehead atoms. The highest BCUT2D eigenvalue weighted by Gasteiger charge is 2.43. The molecule has 31 heavy (non-hydrogen) atoms. The van der Waals surface area contributed by atoms with E-state index in [9.17, 15) is 4.79 Å². The van der Waals surface area contributed by atoms with Crippen LogP contribution in [0.4, 0.5) is 0 Å². The van der Waals surface area contributed by atoms with E-state index in [4.69, 9.17) is 4.52 Å². The van der Waals surface area contributed by atoms with Crippen LogP contribution in [0.25, 0.3) is 11.3 Å². The van der Waals surface area contributed by atoms with Crippen molar-refractivity contribution in [2.24, 2.45) is 7.05 Å². The van der Waals surface area contributed by atoms with Crippen molar-refractivity contribution in [1.82, 2.24) is 19.8 Å². The number of benzene rings is 2. The molecule has 1 aliphatic heterocycles. The van der Waals surface area contributed by atoms with Crippen molar-refractivity contribution < 1.29 is 9.32 Å². The smallest absolute Gasteiger partial charge is 0.276 e. The Hall–Kier alpha value is -3.67. The van der Waals surface area contributed by atoms with Crippen LogP contribution < -0.4 is 0 Å². The van der Waals surface area contributed by atoms with E-state index >= 15 is 0 Å². The van der Waals surface area contributed by atoms with E-state index in [0.717, 1.165) is 16.7 Å². The molecule has 5 rings (SSSR count). The van der Waals surface area contributed by atoms with Crippen LogP contribution in [0.1, 0.15) is 47.1 Å². The number of amides is 1. The normalized spacial score (nSPS) is 20.5. The molecule has 0 N–H and O–H groups in total. The molecule has 2 aromatic carbocycles. The molecule has 0 saturated heterocycles. The number of hydrogen-bond acceptors (Lipinski definition) is 4. The second kappa shape index (κ2) is 7.23. The molecular weight excluding hydrogens is 388 g/mol. The Balaban J connectivity index is 1.54. The number of aromatic nitrogens is 3. The second-order valence-electron chi connectivity index (χ2n) is 8.37. The monoisotopic (exact) mass is 412 g/mol. The molecule has 1 aliphatic rings.